The molecule has 0 amide bonds. The Morgan fingerprint density at radius 2 is 2.29 bits per heavy atom. The summed E-state index contributed by atoms with van der Waals surface area (Å²) in [5.41, 5.74) is 1.04. The van der Waals surface area contributed by atoms with Crippen molar-refractivity contribution >= 4 is 11.6 Å². The zero-order valence-electron chi connectivity index (χ0n) is 8.09. The molecule has 74 valence electrons. The van der Waals surface area contributed by atoms with Crippen molar-refractivity contribution in [3.05, 3.63) is 28.8 Å². The van der Waals surface area contributed by atoms with Gasteiger partial charge in [0, 0.05) is 11.4 Å². The lowest BCUT2D eigenvalue weighted by Crippen LogP contribution is -1.96. The highest BCUT2D eigenvalue weighted by Gasteiger charge is 1.98. The van der Waals surface area contributed by atoms with Crippen molar-refractivity contribution in [1.82, 2.24) is 0 Å². The number of ether oxygens (including phenoxy) is 1. The molecule has 0 fully saturated rings. The van der Waals surface area contributed by atoms with E-state index in [0.717, 1.165) is 17.7 Å². The molecule has 1 aromatic rings. The monoisotopic (exact) mass is 209 g/mol. The summed E-state index contributed by atoms with van der Waals surface area (Å²) in [5.74, 6) is 0.763. The van der Waals surface area contributed by atoms with Crippen molar-refractivity contribution in [2.24, 2.45) is 0 Å². The zero-order valence-corrected chi connectivity index (χ0v) is 8.84. The van der Waals surface area contributed by atoms with Gasteiger partial charge in [-0.2, -0.15) is 5.26 Å². The molecule has 3 heteroatoms. The third-order valence-electron chi connectivity index (χ3n) is 1.84. The van der Waals surface area contributed by atoms with E-state index in [1.807, 2.05) is 19.1 Å². The number of halogens is 1. The van der Waals surface area contributed by atoms with Crippen LogP contribution in [0.4, 0.5) is 0 Å². The number of aryl methyl sites for hydroxylation is 1. The number of hydrogen-bond donors (Lipinski definition) is 0. The average Bonchev–Trinajstić information content (AvgIpc) is 2.18. The standard InChI is InChI=1S/C11H12ClNO/c1-9-4-5-10(8-11(9)12)14-7-3-2-6-13/h4-5,8H,2-3,7H2,1H3. The SMILES string of the molecule is Cc1ccc(OCCCC#N)cc1Cl. The molecule has 0 heterocycles. The quantitative estimate of drug-likeness (QED) is 0.713. The van der Waals surface area contributed by atoms with Gasteiger partial charge in [0.1, 0.15) is 5.75 Å². The van der Waals surface area contributed by atoms with Crippen LogP contribution in [0.5, 0.6) is 5.75 Å². The van der Waals surface area contributed by atoms with Gasteiger partial charge >= 0.3 is 0 Å². The van der Waals surface area contributed by atoms with Gasteiger partial charge in [-0.3, -0.25) is 0 Å². The van der Waals surface area contributed by atoms with Crippen LogP contribution in [-0.2, 0) is 0 Å². The van der Waals surface area contributed by atoms with E-state index in [0.29, 0.717) is 18.1 Å². The van der Waals surface area contributed by atoms with Crippen molar-refractivity contribution in [1.29, 1.82) is 5.26 Å². The molecule has 0 bridgehead atoms. The maximum atomic E-state index is 8.32. The number of unbranched alkanes of at least 4 members (excludes halogenated alkanes) is 1. The van der Waals surface area contributed by atoms with E-state index in [9.17, 15) is 0 Å². The second-order valence-electron chi connectivity index (χ2n) is 3.02. The summed E-state index contributed by atoms with van der Waals surface area (Å²) in [4.78, 5) is 0. The van der Waals surface area contributed by atoms with Gasteiger partial charge in [0.15, 0.2) is 0 Å². The summed E-state index contributed by atoms with van der Waals surface area (Å²) in [5, 5.41) is 9.03. The van der Waals surface area contributed by atoms with Gasteiger partial charge < -0.3 is 4.74 Å². The fourth-order valence-corrected chi connectivity index (χ4v) is 1.18. The third kappa shape index (κ3) is 3.27. The summed E-state index contributed by atoms with van der Waals surface area (Å²) in [6.07, 6.45) is 1.28. The Bertz CT molecular complexity index is 344. The molecule has 0 aromatic heterocycles. The molecule has 0 atom stereocenters. The molecule has 0 aliphatic heterocycles. The smallest absolute Gasteiger partial charge is 0.120 e. The van der Waals surface area contributed by atoms with E-state index in [4.69, 9.17) is 21.6 Å². The topological polar surface area (TPSA) is 33.0 Å². The summed E-state index contributed by atoms with van der Waals surface area (Å²) in [7, 11) is 0. The van der Waals surface area contributed by atoms with Crippen LogP contribution in [0.2, 0.25) is 5.02 Å². The van der Waals surface area contributed by atoms with Crippen LogP contribution in [0.1, 0.15) is 18.4 Å². The number of benzene rings is 1. The van der Waals surface area contributed by atoms with Gasteiger partial charge in [-0.15, -0.1) is 0 Å². The minimum Gasteiger partial charge on any atom is -0.494 e. The Labute approximate surface area is 89.1 Å². The first kappa shape index (κ1) is 10.9. The largest absolute Gasteiger partial charge is 0.494 e. The second-order valence-corrected chi connectivity index (χ2v) is 3.43. The van der Waals surface area contributed by atoms with Crippen molar-refractivity contribution in [2.75, 3.05) is 6.61 Å². The summed E-state index contributed by atoms with van der Waals surface area (Å²) in [6, 6.07) is 7.66. The van der Waals surface area contributed by atoms with Crippen LogP contribution in [0.3, 0.4) is 0 Å². The molecule has 1 rings (SSSR count). The third-order valence-corrected chi connectivity index (χ3v) is 2.25. The molecular weight excluding hydrogens is 198 g/mol. The minimum absolute atomic E-state index is 0.527. The maximum absolute atomic E-state index is 8.32. The number of hydrogen-bond acceptors (Lipinski definition) is 2. The first-order chi connectivity index (χ1) is 6.74. The van der Waals surface area contributed by atoms with E-state index in [1.54, 1.807) is 6.07 Å². The van der Waals surface area contributed by atoms with Crippen LogP contribution in [0, 0.1) is 18.3 Å². The number of nitrogens with zero attached hydrogens (tertiary/aromatic N) is 1. The Morgan fingerprint density at radius 1 is 1.50 bits per heavy atom. The Morgan fingerprint density at radius 3 is 2.93 bits per heavy atom. The molecule has 0 aliphatic rings. The van der Waals surface area contributed by atoms with Crippen molar-refractivity contribution in [3.63, 3.8) is 0 Å². The fourth-order valence-electron chi connectivity index (χ4n) is 1.00. The Hall–Kier alpha value is -1.20. The van der Waals surface area contributed by atoms with Gasteiger partial charge in [0.2, 0.25) is 0 Å². The summed E-state index contributed by atoms with van der Waals surface area (Å²) < 4.78 is 5.41. The van der Waals surface area contributed by atoms with Crippen LogP contribution in [0.25, 0.3) is 0 Å². The fraction of sp³-hybridized carbons (Fsp3) is 0.364. The Kier molecular flexibility index (Phi) is 4.28. The molecule has 0 aliphatic carbocycles. The van der Waals surface area contributed by atoms with Crippen LogP contribution >= 0.6 is 11.6 Å². The van der Waals surface area contributed by atoms with E-state index < -0.39 is 0 Å². The zero-order chi connectivity index (χ0) is 10.4. The highest BCUT2D eigenvalue weighted by molar-refractivity contribution is 6.31. The molecule has 0 saturated heterocycles. The van der Waals surface area contributed by atoms with Gasteiger partial charge in [0.25, 0.3) is 0 Å². The van der Waals surface area contributed by atoms with Crippen molar-refractivity contribution < 1.29 is 4.74 Å². The molecule has 0 radical (unpaired) electrons. The Balaban J connectivity index is 2.44. The minimum atomic E-state index is 0.527. The van der Waals surface area contributed by atoms with Crippen LogP contribution in [-0.4, -0.2) is 6.61 Å². The molecule has 1 aromatic carbocycles. The molecule has 0 saturated carbocycles. The van der Waals surface area contributed by atoms with E-state index >= 15 is 0 Å². The normalized spacial score (nSPS) is 9.50. The summed E-state index contributed by atoms with van der Waals surface area (Å²) >= 11 is 5.92. The second kappa shape index (κ2) is 5.51. The first-order valence-corrected chi connectivity index (χ1v) is 4.87. The van der Waals surface area contributed by atoms with Gasteiger partial charge in [0.05, 0.1) is 12.7 Å². The van der Waals surface area contributed by atoms with Gasteiger partial charge in [-0.25, -0.2) is 0 Å². The highest BCUT2D eigenvalue weighted by Crippen LogP contribution is 2.21. The van der Waals surface area contributed by atoms with Gasteiger partial charge in [-0.05, 0) is 31.0 Å². The van der Waals surface area contributed by atoms with E-state index in [1.165, 1.54) is 0 Å². The first-order valence-electron chi connectivity index (χ1n) is 4.50. The van der Waals surface area contributed by atoms with E-state index in [2.05, 4.69) is 6.07 Å². The number of nitriles is 1. The summed E-state index contributed by atoms with van der Waals surface area (Å²) in [6.45, 7) is 2.51. The predicted molar refractivity (Wildman–Crippen MR) is 56.5 cm³/mol. The van der Waals surface area contributed by atoms with Crippen molar-refractivity contribution in [2.45, 2.75) is 19.8 Å². The predicted octanol–water partition coefficient (Wildman–Crippen LogP) is 3.33. The lowest BCUT2D eigenvalue weighted by Gasteiger charge is -2.05. The molecular formula is C11H12ClNO. The highest BCUT2D eigenvalue weighted by atomic mass is 35.5. The molecule has 0 spiro atoms. The van der Waals surface area contributed by atoms with E-state index in [-0.39, 0.29) is 0 Å². The maximum Gasteiger partial charge on any atom is 0.120 e. The van der Waals surface area contributed by atoms with Crippen LogP contribution < -0.4 is 4.74 Å². The average molecular weight is 210 g/mol. The molecule has 2 nitrogen and oxygen atoms in total. The van der Waals surface area contributed by atoms with Crippen molar-refractivity contribution in [3.8, 4) is 11.8 Å². The number of rotatable bonds is 4. The molecule has 0 N–H and O–H groups in total. The van der Waals surface area contributed by atoms with Crippen LogP contribution in [0.15, 0.2) is 18.2 Å². The molecule has 14 heavy (non-hydrogen) atoms. The molecule has 0 unspecified atom stereocenters. The van der Waals surface area contributed by atoms with Gasteiger partial charge in [-0.1, -0.05) is 17.7 Å². The lowest BCUT2D eigenvalue weighted by atomic mass is 10.2. The lowest BCUT2D eigenvalue weighted by molar-refractivity contribution is 0.312.